The Bertz CT molecular complexity index is 936. The smallest absolute Gasteiger partial charge is 0.327 e. The van der Waals surface area contributed by atoms with Gasteiger partial charge in [0.25, 0.3) is 0 Å². The first-order valence-electron chi connectivity index (χ1n) is 8.59. The predicted molar refractivity (Wildman–Crippen MR) is 99.8 cm³/mol. The second-order valence-corrected chi connectivity index (χ2v) is 6.20. The van der Waals surface area contributed by atoms with Crippen LogP contribution in [0.4, 0.5) is 13.2 Å². The topological polar surface area (TPSA) is 38.3 Å². The van der Waals surface area contributed by atoms with E-state index in [1.165, 1.54) is 7.11 Å². The van der Waals surface area contributed by atoms with E-state index in [1.807, 2.05) is 30.3 Å². The molecular weight excluding hydrogens is 367 g/mol. The van der Waals surface area contributed by atoms with E-state index in [9.17, 15) is 18.0 Å². The van der Waals surface area contributed by atoms with E-state index < -0.39 is 29.5 Å². The molecule has 6 heteroatoms. The largest absolute Gasteiger partial charge is 0.468 e. The number of ether oxygens (including phenoxy) is 1. The highest BCUT2D eigenvalue weighted by Crippen LogP contribution is 2.26. The molecule has 0 bridgehead atoms. The Morgan fingerprint density at radius 3 is 2.11 bits per heavy atom. The molecule has 0 aliphatic heterocycles. The van der Waals surface area contributed by atoms with Crippen molar-refractivity contribution in [3.8, 4) is 11.1 Å². The van der Waals surface area contributed by atoms with E-state index in [2.05, 4.69) is 5.32 Å². The van der Waals surface area contributed by atoms with Gasteiger partial charge in [0.15, 0.2) is 17.5 Å². The molecule has 1 atom stereocenters. The Labute approximate surface area is 160 Å². The molecule has 0 spiro atoms. The van der Waals surface area contributed by atoms with E-state index in [0.717, 1.165) is 17.7 Å². The minimum Gasteiger partial charge on any atom is -0.468 e. The predicted octanol–water partition coefficient (Wildman–Crippen LogP) is 4.77. The number of benzene rings is 3. The van der Waals surface area contributed by atoms with Crippen LogP contribution in [0.1, 0.15) is 17.2 Å². The molecule has 144 valence electrons. The van der Waals surface area contributed by atoms with Gasteiger partial charge in [-0.25, -0.2) is 18.0 Å². The Hall–Kier alpha value is -3.12. The van der Waals surface area contributed by atoms with Crippen molar-refractivity contribution in [2.24, 2.45) is 0 Å². The molecule has 3 nitrogen and oxygen atoms in total. The number of carbonyl (C=O) groups excluding carboxylic acids is 1. The van der Waals surface area contributed by atoms with Gasteiger partial charge in [0, 0.05) is 6.54 Å². The second kappa shape index (κ2) is 8.71. The molecule has 0 aliphatic rings. The van der Waals surface area contributed by atoms with Crippen LogP contribution in [0.2, 0.25) is 0 Å². The minimum absolute atomic E-state index is 0.204. The Kier molecular flexibility index (Phi) is 6.11. The molecule has 3 aromatic rings. The summed E-state index contributed by atoms with van der Waals surface area (Å²) in [6.07, 6.45) is 0. The average molecular weight is 385 g/mol. The highest BCUT2D eigenvalue weighted by atomic mass is 19.2. The number of esters is 1. The summed E-state index contributed by atoms with van der Waals surface area (Å²) in [5, 5.41) is 3.14. The summed E-state index contributed by atoms with van der Waals surface area (Å²) in [5.74, 6) is -4.47. The van der Waals surface area contributed by atoms with Crippen LogP contribution < -0.4 is 5.32 Å². The molecule has 0 amide bonds. The molecule has 0 aliphatic carbocycles. The second-order valence-electron chi connectivity index (χ2n) is 6.20. The van der Waals surface area contributed by atoms with Crippen LogP contribution in [-0.2, 0) is 16.1 Å². The first-order valence-corrected chi connectivity index (χ1v) is 8.59. The van der Waals surface area contributed by atoms with Crippen LogP contribution in [-0.4, -0.2) is 13.1 Å². The number of halogens is 3. The molecule has 28 heavy (non-hydrogen) atoms. The zero-order chi connectivity index (χ0) is 20.1. The molecule has 3 rings (SSSR count). The Balaban J connectivity index is 1.83. The van der Waals surface area contributed by atoms with E-state index in [0.29, 0.717) is 17.7 Å². The molecule has 3 aromatic carbocycles. The van der Waals surface area contributed by atoms with Gasteiger partial charge in [0.05, 0.1) is 7.11 Å². The lowest BCUT2D eigenvalue weighted by molar-refractivity contribution is -0.143. The van der Waals surface area contributed by atoms with E-state index in [1.54, 1.807) is 24.3 Å². The summed E-state index contributed by atoms with van der Waals surface area (Å²) >= 11 is 0. The van der Waals surface area contributed by atoms with Crippen molar-refractivity contribution < 1.29 is 22.7 Å². The van der Waals surface area contributed by atoms with Crippen molar-refractivity contribution in [1.29, 1.82) is 0 Å². The van der Waals surface area contributed by atoms with Gasteiger partial charge in [-0.3, -0.25) is 5.32 Å². The maximum atomic E-state index is 13.5. The first-order chi connectivity index (χ1) is 13.5. The highest BCUT2D eigenvalue weighted by Gasteiger charge is 2.21. The van der Waals surface area contributed by atoms with Crippen LogP contribution in [0.5, 0.6) is 0 Å². The lowest BCUT2D eigenvalue weighted by Gasteiger charge is -2.17. The van der Waals surface area contributed by atoms with Crippen LogP contribution in [0.25, 0.3) is 11.1 Å². The highest BCUT2D eigenvalue weighted by molar-refractivity contribution is 5.78. The van der Waals surface area contributed by atoms with Gasteiger partial charge < -0.3 is 4.74 Å². The monoisotopic (exact) mass is 385 g/mol. The minimum atomic E-state index is -1.50. The van der Waals surface area contributed by atoms with Crippen LogP contribution >= 0.6 is 0 Å². The number of rotatable bonds is 6. The average Bonchev–Trinajstić information content (AvgIpc) is 2.72. The summed E-state index contributed by atoms with van der Waals surface area (Å²) < 4.78 is 44.9. The van der Waals surface area contributed by atoms with Gasteiger partial charge in [0.1, 0.15) is 6.04 Å². The SMILES string of the molecule is COC(=O)C(NCc1ccccc1)c1ccc(-c2cc(F)c(F)c(F)c2)cc1. The quantitative estimate of drug-likeness (QED) is 0.491. The van der Waals surface area contributed by atoms with E-state index in [-0.39, 0.29) is 5.56 Å². The summed E-state index contributed by atoms with van der Waals surface area (Å²) in [7, 11) is 1.30. The standard InChI is InChI=1S/C22H18F3NO2/c1-28-22(27)21(26-13-14-5-3-2-4-6-14)16-9-7-15(8-10-16)17-11-18(23)20(25)19(24)12-17/h2-12,21,26H,13H2,1H3. The molecule has 0 aromatic heterocycles. The van der Waals surface area contributed by atoms with Crippen molar-refractivity contribution in [3.63, 3.8) is 0 Å². The van der Waals surface area contributed by atoms with Gasteiger partial charge in [-0.2, -0.15) is 0 Å². The van der Waals surface area contributed by atoms with Gasteiger partial charge >= 0.3 is 5.97 Å². The van der Waals surface area contributed by atoms with E-state index >= 15 is 0 Å². The molecular formula is C22H18F3NO2. The third kappa shape index (κ3) is 4.40. The molecule has 1 unspecified atom stereocenters. The fourth-order valence-corrected chi connectivity index (χ4v) is 2.86. The van der Waals surface area contributed by atoms with Gasteiger partial charge in [0.2, 0.25) is 0 Å². The van der Waals surface area contributed by atoms with Crippen molar-refractivity contribution in [1.82, 2.24) is 5.32 Å². The van der Waals surface area contributed by atoms with Crippen LogP contribution in [0.3, 0.4) is 0 Å². The molecule has 0 fully saturated rings. The Morgan fingerprint density at radius 1 is 0.929 bits per heavy atom. The number of carbonyl (C=O) groups is 1. The fraction of sp³-hybridized carbons (Fsp3) is 0.136. The lowest BCUT2D eigenvalue weighted by atomic mass is 10.00. The fourth-order valence-electron chi connectivity index (χ4n) is 2.86. The van der Waals surface area contributed by atoms with Crippen molar-refractivity contribution in [3.05, 3.63) is 95.3 Å². The van der Waals surface area contributed by atoms with Crippen molar-refractivity contribution in [2.75, 3.05) is 7.11 Å². The van der Waals surface area contributed by atoms with Crippen molar-refractivity contribution >= 4 is 5.97 Å². The zero-order valence-electron chi connectivity index (χ0n) is 15.1. The van der Waals surface area contributed by atoms with Gasteiger partial charge in [-0.1, -0.05) is 54.6 Å². The lowest BCUT2D eigenvalue weighted by Crippen LogP contribution is -2.29. The third-order valence-corrected chi connectivity index (χ3v) is 4.35. The maximum Gasteiger partial charge on any atom is 0.327 e. The first kappa shape index (κ1) is 19.6. The molecule has 0 heterocycles. The summed E-state index contributed by atoms with van der Waals surface area (Å²) in [5.41, 5.74) is 2.34. The van der Waals surface area contributed by atoms with Crippen molar-refractivity contribution in [2.45, 2.75) is 12.6 Å². The number of hydrogen-bond donors (Lipinski definition) is 1. The molecule has 0 radical (unpaired) electrons. The third-order valence-electron chi connectivity index (χ3n) is 4.35. The molecule has 0 saturated heterocycles. The summed E-state index contributed by atoms with van der Waals surface area (Å²) in [4.78, 5) is 12.2. The molecule has 0 saturated carbocycles. The normalized spacial score (nSPS) is 11.9. The van der Waals surface area contributed by atoms with Gasteiger partial charge in [-0.15, -0.1) is 0 Å². The number of methoxy groups -OCH3 is 1. The number of nitrogens with one attached hydrogen (secondary N) is 1. The van der Waals surface area contributed by atoms with Crippen LogP contribution in [0, 0.1) is 17.5 Å². The maximum absolute atomic E-state index is 13.5. The Morgan fingerprint density at radius 2 is 1.54 bits per heavy atom. The van der Waals surface area contributed by atoms with Crippen LogP contribution in [0.15, 0.2) is 66.7 Å². The van der Waals surface area contributed by atoms with Gasteiger partial charge in [-0.05, 0) is 34.4 Å². The summed E-state index contributed by atoms with van der Waals surface area (Å²) in [6, 6.07) is 17.3. The summed E-state index contributed by atoms with van der Waals surface area (Å²) in [6.45, 7) is 0.455. The molecule has 1 N–H and O–H groups in total. The van der Waals surface area contributed by atoms with E-state index in [4.69, 9.17) is 4.74 Å². The number of hydrogen-bond acceptors (Lipinski definition) is 3. The zero-order valence-corrected chi connectivity index (χ0v) is 15.1.